The standard InChI is InChI=1S/C13H21N3O2.2ClH/c1-9-12(18-8-15-9)13(17)16-11(7-14)10-5-3-2-4-6-10;;/h8,10-11H,2-7,14H2,1H3,(H,16,17);2*1H. The molecule has 3 N–H and O–H groups in total. The second-order valence-corrected chi connectivity index (χ2v) is 4.98. The van der Waals surface area contributed by atoms with Gasteiger partial charge in [0, 0.05) is 12.6 Å². The number of nitrogens with two attached hydrogens (primary N) is 1. The maximum absolute atomic E-state index is 12.0. The summed E-state index contributed by atoms with van der Waals surface area (Å²) in [6.07, 6.45) is 7.36. The molecule has 0 spiro atoms. The lowest BCUT2D eigenvalue weighted by Crippen LogP contribution is -2.46. The molecule has 1 aromatic rings. The first kappa shape index (κ1) is 19.2. The molecule has 1 saturated carbocycles. The van der Waals surface area contributed by atoms with Gasteiger partial charge in [-0.05, 0) is 25.7 Å². The highest BCUT2D eigenvalue weighted by molar-refractivity contribution is 5.92. The number of carbonyl (C=O) groups excluding carboxylic acids is 1. The van der Waals surface area contributed by atoms with Crippen molar-refractivity contribution in [3.63, 3.8) is 0 Å². The van der Waals surface area contributed by atoms with E-state index < -0.39 is 0 Å². The van der Waals surface area contributed by atoms with Gasteiger partial charge in [0.25, 0.3) is 5.91 Å². The van der Waals surface area contributed by atoms with Crippen LogP contribution in [0.1, 0.15) is 48.4 Å². The number of hydrogen-bond acceptors (Lipinski definition) is 4. The molecule has 20 heavy (non-hydrogen) atoms. The summed E-state index contributed by atoms with van der Waals surface area (Å²) in [4.78, 5) is 16.0. The molecule has 5 nitrogen and oxygen atoms in total. The maximum Gasteiger partial charge on any atom is 0.289 e. The molecule has 0 radical (unpaired) electrons. The van der Waals surface area contributed by atoms with Crippen molar-refractivity contribution < 1.29 is 9.21 Å². The Labute approximate surface area is 131 Å². The Morgan fingerprint density at radius 2 is 2.10 bits per heavy atom. The van der Waals surface area contributed by atoms with Crippen LogP contribution in [-0.2, 0) is 0 Å². The molecule has 2 rings (SSSR count). The van der Waals surface area contributed by atoms with Crippen LogP contribution in [0.3, 0.4) is 0 Å². The third kappa shape index (κ3) is 4.65. The van der Waals surface area contributed by atoms with Crippen LogP contribution in [0.2, 0.25) is 0 Å². The number of aromatic nitrogens is 1. The fraction of sp³-hybridized carbons (Fsp3) is 0.692. The van der Waals surface area contributed by atoms with Crippen molar-refractivity contribution >= 4 is 30.7 Å². The van der Waals surface area contributed by atoms with Crippen molar-refractivity contribution in [1.82, 2.24) is 10.3 Å². The average Bonchev–Trinajstić information content (AvgIpc) is 2.83. The highest BCUT2D eigenvalue weighted by atomic mass is 35.5. The molecule has 1 aliphatic carbocycles. The van der Waals surface area contributed by atoms with Gasteiger partial charge >= 0.3 is 0 Å². The second kappa shape index (κ2) is 9.21. The summed E-state index contributed by atoms with van der Waals surface area (Å²) < 4.78 is 5.09. The summed E-state index contributed by atoms with van der Waals surface area (Å²) in [5.41, 5.74) is 6.40. The van der Waals surface area contributed by atoms with E-state index in [0.29, 0.717) is 23.9 Å². The number of nitrogens with zero attached hydrogens (tertiary/aromatic N) is 1. The van der Waals surface area contributed by atoms with Crippen molar-refractivity contribution in [2.45, 2.75) is 45.1 Å². The van der Waals surface area contributed by atoms with Crippen molar-refractivity contribution in [2.75, 3.05) is 6.54 Å². The third-order valence-corrected chi connectivity index (χ3v) is 3.74. The fourth-order valence-corrected chi connectivity index (χ4v) is 2.66. The van der Waals surface area contributed by atoms with Crippen molar-refractivity contribution in [3.8, 4) is 0 Å². The van der Waals surface area contributed by atoms with E-state index >= 15 is 0 Å². The minimum atomic E-state index is -0.203. The molecule has 0 saturated heterocycles. The van der Waals surface area contributed by atoms with Crippen LogP contribution in [0.25, 0.3) is 0 Å². The summed E-state index contributed by atoms with van der Waals surface area (Å²) >= 11 is 0. The number of aryl methyl sites for hydroxylation is 1. The smallest absolute Gasteiger partial charge is 0.289 e. The summed E-state index contributed by atoms with van der Waals surface area (Å²) in [7, 11) is 0. The zero-order valence-electron chi connectivity index (χ0n) is 11.6. The van der Waals surface area contributed by atoms with Crippen LogP contribution >= 0.6 is 24.8 Å². The van der Waals surface area contributed by atoms with Gasteiger partial charge in [-0.3, -0.25) is 4.79 Å². The molecule has 1 aliphatic rings. The molecule has 1 amide bonds. The van der Waals surface area contributed by atoms with Gasteiger partial charge in [0.1, 0.15) is 0 Å². The van der Waals surface area contributed by atoms with Crippen molar-refractivity contribution in [1.29, 1.82) is 0 Å². The fourth-order valence-electron chi connectivity index (χ4n) is 2.66. The molecule has 116 valence electrons. The Balaban J connectivity index is 0.00000180. The van der Waals surface area contributed by atoms with Crippen LogP contribution in [0.4, 0.5) is 0 Å². The van der Waals surface area contributed by atoms with Gasteiger partial charge in [0.2, 0.25) is 5.76 Å². The molecule has 1 fully saturated rings. The Bertz CT molecular complexity index is 406. The summed E-state index contributed by atoms with van der Waals surface area (Å²) in [6.45, 7) is 2.24. The van der Waals surface area contributed by atoms with Gasteiger partial charge in [-0.2, -0.15) is 0 Å². The SMILES string of the molecule is Cc1ncoc1C(=O)NC(CN)C1CCCCC1.Cl.Cl. The lowest BCUT2D eigenvalue weighted by Gasteiger charge is -2.29. The quantitative estimate of drug-likeness (QED) is 0.891. The van der Waals surface area contributed by atoms with Crippen LogP contribution in [0.15, 0.2) is 10.8 Å². The third-order valence-electron chi connectivity index (χ3n) is 3.74. The van der Waals surface area contributed by atoms with E-state index in [9.17, 15) is 4.79 Å². The number of hydrogen-bond donors (Lipinski definition) is 2. The monoisotopic (exact) mass is 323 g/mol. The minimum absolute atomic E-state index is 0. The lowest BCUT2D eigenvalue weighted by molar-refractivity contribution is 0.0886. The predicted octanol–water partition coefficient (Wildman–Crippen LogP) is 2.46. The van der Waals surface area contributed by atoms with E-state index in [2.05, 4.69) is 10.3 Å². The predicted molar refractivity (Wildman–Crippen MR) is 82.6 cm³/mol. The average molecular weight is 324 g/mol. The Kier molecular flexibility index (Phi) is 8.85. The summed E-state index contributed by atoms with van der Waals surface area (Å²) in [5, 5.41) is 2.98. The van der Waals surface area contributed by atoms with Gasteiger partial charge in [-0.15, -0.1) is 24.8 Å². The summed E-state index contributed by atoms with van der Waals surface area (Å²) in [6, 6.07) is 0.0438. The Morgan fingerprint density at radius 3 is 2.60 bits per heavy atom. The van der Waals surface area contributed by atoms with E-state index in [4.69, 9.17) is 10.2 Å². The minimum Gasteiger partial charge on any atom is -0.438 e. The first-order valence-electron chi connectivity index (χ1n) is 6.63. The normalized spacial score (nSPS) is 16.7. The first-order chi connectivity index (χ1) is 8.72. The van der Waals surface area contributed by atoms with E-state index in [1.165, 1.54) is 25.7 Å². The number of carbonyl (C=O) groups is 1. The molecule has 0 bridgehead atoms. The van der Waals surface area contributed by atoms with E-state index in [0.717, 1.165) is 12.8 Å². The molecule has 7 heteroatoms. The molecule has 0 aromatic carbocycles. The zero-order chi connectivity index (χ0) is 13.0. The number of halogens is 2. The number of nitrogens with one attached hydrogen (secondary N) is 1. The first-order valence-corrected chi connectivity index (χ1v) is 6.63. The van der Waals surface area contributed by atoms with E-state index in [1.54, 1.807) is 6.92 Å². The topological polar surface area (TPSA) is 81.2 Å². The summed E-state index contributed by atoms with van der Waals surface area (Å²) in [5.74, 6) is 0.589. The molecule has 1 aromatic heterocycles. The number of amides is 1. The van der Waals surface area contributed by atoms with Crippen LogP contribution < -0.4 is 11.1 Å². The molecule has 1 atom stereocenters. The van der Waals surface area contributed by atoms with E-state index in [-0.39, 0.29) is 36.8 Å². The van der Waals surface area contributed by atoms with Gasteiger partial charge < -0.3 is 15.5 Å². The second-order valence-electron chi connectivity index (χ2n) is 4.98. The van der Waals surface area contributed by atoms with Crippen molar-refractivity contribution in [3.05, 3.63) is 17.8 Å². The highest BCUT2D eigenvalue weighted by Gasteiger charge is 2.25. The van der Waals surface area contributed by atoms with Crippen LogP contribution in [-0.4, -0.2) is 23.5 Å². The zero-order valence-corrected chi connectivity index (χ0v) is 13.3. The van der Waals surface area contributed by atoms with Crippen LogP contribution in [0.5, 0.6) is 0 Å². The Morgan fingerprint density at radius 1 is 1.45 bits per heavy atom. The largest absolute Gasteiger partial charge is 0.438 e. The molecular formula is C13H23Cl2N3O2. The maximum atomic E-state index is 12.0. The van der Waals surface area contributed by atoms with E-state index in [1.807, 2.05) is 0 Å². The Hall–Kier alpha value is -0.780. The van der Waals surface area contributed by atoms with Gasteiger partial charge in [0.05, 0.1) is 5.69 Å². The highest BCUT2D eigenvalue weighted by Crippen LogP contribution is 2.26. The lowest BCUT2D eigenvalue weighted by atomic mass is 9.84. The molecule has 1 unspecified atom stereocenters. The van der Waals surface area contributed by atoms with Gasteiger partial charge in [-0.1, -0.05) is 19.3 Å². The van der Waals surface area contributed by atoms with Gasteiger partial charge in [-0.25, -0.2) is 4.98 Å². The van der Waals surface area contributed by atoms with Crippen LogP contribution in [0, 0.1) is 12.8 Å². The van der Waals surface area contributed by atoms with Crippen molar-refractivity contribution in [2.24, 2.45) is 11.7 Å². The number of rotatable bonds is 4. The molecule has 1 heterocycles. The molecular weight excluding hydrogens is 301 g/mol. The molecule has 0 aliphatic heterocycles. The number of oxazole rings is 1. The van der Waals surface area contributed by atoms with Gasteiger partial charge in [0.15, 0.2) is 6.39 Å².